The second kappa shape index (κ2) is 25.3. The van der Waals surface area contributed by atoms with Crippen LogP contribution >= 0.6 is 7.60 Å². The van der Waals surface area contributed by atoms with Crippen molar-refractivity contribution < 1.29 is 43.0 Å². The third-order valence-corrected chi connectivity index (χ3v) is 13.5. The summed E-state index contributed by atoms with van der Waals surface area (Å²) < 4.78 is 24.4. The lowest BCUT2D eigenvalue weighted by molar-refractivity contribution is -0.146. The molecule has 2 aliphatic rings. The first-order valence-corrected chi connectivity index (χ1v) is 23.8. The molecule has 0 aliphatic carbocycles. The monoisotopic (exact) mass is 905 g/mol. The molecule has 2 aliphatic heterocycles. The summed E-state index contributed by atoms with van der Waals surface area (Å²) in [7, 11) is 3.77. The van der Waals surface area contributed by atoms with Crippen LogP contribution in [0.2, 0.25) is 0 Å². The summed E-state index contributed by atoms with van der Waals surface area (Å²) in [5, 5.41) is 6.09. The normalized spacial score (nSPS) is 19.3. The fraction of sp³-hybridized carbons (Fsp3) is 0.744. The Morgan fingerprint density at radius 3 is 2.14 bits per heavy atom. The smallest absolute Gasteiger partial charge is 0.347 e. The van der Waals surface area contributed by atoms with Crippen LogP contribution in [0.1, 0.15) is 78.7 Å². The van der Waals surface area contributed by atoms with Crippen LogP contribution in [0.5, 0.6) is 0 Å². The number of carbonyl (C=O) groups is 4. The number of guanidine groups is 1. The van der Waals surface area contributed by atoms with Crippen LogP contribution in [0.4, 0.5) is 0 Å². The highest BCUT2D eigenvalue weighted by molar-refractivity contribution is 7.52. The molecule has 3 rings (SSSR count). The van der Waals surface area contributed by atoms with Gasteiger partial charge in [-0.3, -0.25) is 23.7 Å². The van der Waals surface area contributed by atoms with E-state index in [0.29, 0.717) is 76.4 Å². The fourth-order valence-electron chi connectivity index (χ4n) is 8.66. The number of azide groups is 1. The molecule has 3 unspecified atom stereocenters. The summed E-state index contributed by atoms with van der Waals surface area (Å²) in [5.41, 5.74) is 9.18. The van der Waals surface area contributed by atoms with E-state index < -0.39 is 55.5 Å². The molecule has 1 aromatic carbocycles. The van der Waals surface area contributed by atoms with E-state index in [0.717, 1.165) is 0 Å². The highest BCUT2D eigenvalue weighted by Gasteiger charge is 2.44. The van der Waals surface area contributed by atoms with E-state index in [4.69, 9.17) is 20.0 Å². The third kappa shape index (κ3) is 14.9. The van der Waals surface area contributed by atoms with Gasteiger partial charge in [-0.25, -0.2) is 4.99 Å². The number of rotatable bonds is 22. The lowest BCUT2D eigenvalue weighted by Crippen LogP contribution is -2.56. The predicted octanol–water partition coefficient (Wildman–Crippen LogP) is 3.95. The van der Waals surface area contributed by atoms with Gasteiger partial charge in [-0.1, -0.05) is 76.5 Å². The molecule has 0 saturated carbocycles. The van der Waals surface area contributed by atoms with Crippen LogP contribution in [0.15, 0.2) is 40.4 Å². The lowest BCUT2D eigenvalue weighted by Gasteiger charge is -2.41. The number of benzene rings is 1. The number of amides is 4. The average Bonchev–Trinajstić information content (AvgIpc) is 3.74. The zero-order valence-corrected chi connectivity index (χ0v) is 39.9. The third-order valence-electron chi connectivity index (χ3n) is 12.4. The number of ether oxygens (including phenoxy) is 2. The molecule has 8 atom stereocenters. The molecule has 3 N–H and O–H groups in total. The molecule has 354 valence electrons. The Balaban J connectivity index is 1.79. The molecule has 0 radical (unpaired) electrons. The van der Waals surface area contributed by atoms with Gasteiger partial charge >= 0.3 is 7.60 Å². The number of carbonyl (C=O) groups excluding carboxylic acids is 4. The second-order valence-corrected chi connectivity index (χ2v) is 19.1. The van der Waals surface area contributed by atoms with Crippen LogP contribution in [-0.2, 0) is 39.6 Å². The SMILES string of the molecule is CCC(C)C(C(CC(=O)N1CCC[C@H]1[C@H](OC)[C@@H](C)C(=O)N[C@@H](Cc1ccccc1)P(=O)(O)O)OC)N(C)C(=O)[C@@H](/N=C(/N(C)C)N1CCN(C(=O)CCCN=[N+]=[N-])CC1)C(C)C. The van der Waals surface area contributed by atoms with Gasteiger partial charge in [-0.2, -0.15) is 0 Å². The number of likely N-dealkylation sites (tertiary alicyclic amines) is 1. The zero-order valence-electron chi connectivity index (χ0n) is 39.0. The number of nitrogens with zero attached hydrogens (tertiary/aromatic N) is 9. The van der Waals surface area contributed by atoms with E-state index in [1.54, 1.807) is 59.0 Å². The Morgan fingerprint density at radius 2 is 1.60 bits per heavy atom. The largest absolute Gasteiger partial charge is 0.379 e. The summed E-state index contributed by atoms with van der Waals surface area (Å²) in [5.74, 6) is -2.93. The van der Waals surface area contributed by atoms with E-state index >= 15 is 0 Å². The Bertz CT molecular complexity index is 1770. The van der Waals surface area contributed by atoms with Crippen LogP contribution < -0.4 is 5.32 Å². The summed E-state index contributed by atoms with van der Waals surface area (Å²) >= 11 is 0. The number of methoxy groups -OCH3 is 2. The molecule has 19 nitrogen and oxygen atoms in total. The van der Waals surface area contributed by atoms with E-state index in [9.17, 15) is 33.5 Å². The summed E-state index contributed by atoms with van der Waals surface area (Å²) in [6.45, 7) is 12.3. The van der Waals surface area contributed by atoms with Crippen molar-refractivity contribution in [2.45, 2.75) is 116 Å². The maximum atomic E-state index is 14.6. The molecule has 2 saturated heterocycles. The molecular weight excluding hydrogens is 832 g/mol. The molecule has 0 spiro atoms. The number of hydrogen-bond donors (Lipinski definition) is 3. The van der Waals surface area contributed by atoms with Crippen molar-refractivity contribution in [2.75, 3.05) is 74.6 Å². The van der Waals surface area contributed by atoms with Crippen molar-refractivity contribution >= 4 is 37.2 Å². The molecule has 2 fully saturated rings. The van der Waals surface area contributed by atoms with E-state index in [2.05, 4.69) is 20.2 Å². The van der Waals surface area contributed by atoms with Crippen LogP contribution in [0.3, 0.4) is 0 Å². The quantitative estimate of drug-likeness (QED) is 0.0287. The molecule has 1 aromatic rings. The number of hydrogen-bond acceptors (Lipinski definition) is 9. The molecule has 63 heavy (non-hydrogen) atoms. The maximum absolute atomic E-state index is 14.6. The van der Waals surface area contributed by atoms with Crippen molar-refractivity contribution in [1.82, 2.24) is 29.8 Å². The first kappa shape index (κ1) is 53.1. The van der Waals surface area contributed by atoms with Gasteiger partial charge in [0.25, 0.3) is 0 Å². The van der Waals surface area contributed by atoms with Crippen LogP contribution in [-0.4, -0.2) is 175 Å². The lowest BCUT2D eigenvalue weighted by atomic mass is 9.89. The van der Waals surface area contributed by atoms with E-state index in [1.807, 2.05) is 46.7 Å². The summed E-state index contributed by atoms with van der Waals surface area (Å²) in [6, 6.07) is 7.04. The van der Waals surface area contributed by atoms with Gasteiger partial charge in [0.15, 0.2) is 5.96 Å². The number of nitrogens with one attached hydrogen (secondary N) is 1. The van der Waals surface area contributed by atoms with Gasteiger partial charge in [0, 0.05) is 92.4 Å². The minimum atomic E-state index is -4.73. The van der Waals surface area contributed by atoms with Gasteiger partial charge in [0.1, 0.15) is 11.8 Å². The van der Waals surface area contributed by atoms with Gasteiger partial charge < -0.3 is 49.1 Å². The Kier molecular flexibility index (Phi) is 21.3. The summed E-state index contributed by atoms with van der Waals surface area (Å²) in [4.78, 5) is 92.7. The highest BCUT2D eigenvalue weighted by Crippen LogP contribution is 2.41. The highest BCUT2D eigenvalue weighted by atomic mass is 31.2. The van der Waals surface area contributed by atoms with E-state index in [1.165, 1.54) is 14.2 Å². The van der Waals surface area contributed by atoms with Gasteiger partial charge in [-0.15, -0.1) is 0 Å². The van der Waals surface area contributed by atoms with Gasteiger partial charge in [0.05, 0.1) is 36.6 Å². The summed E-state index contributed by atoms with van der Waals surface area (Å²) in [6.07, 6.45) is 1.17. The first-order chi connectivity index (χ1) is 29.8. The Labute approximate surface area is 373 Å². The number of piperazine rings is 1. The molecule has 4 amide bonds. The van der Waals surface area contributed by atoms with Crippen molar-refractivity contribution in [1.29, 1.82) is 0 Å². The van der Waals surface area contributed by atoms with Gasteiger partial charge in [0.2, 0.25) is 23.6 Å². The Hall–Kier alpha value is -4.25. The maximum Gasteiger partial charge on any atom is 0.347 e. The first-order valence-electron chi connectivity index (χ1n) is 22.1. The number of aliphatic imine (C=N–C) groups is 1. The van der Waals surface area contributed by atoms with E-state index in [-0.39, 0.29) is 48.9 Å². The number of likely N-dealkylation sites (N-methyl/N-ethyl adjacent to an activating group) is 1. The molecular formula is C43H73N10O9P. The minimum absolute atomic E-state index is 0.00915. The van der Waals surface area contributed by atoms with Crippen molar-refractivity contribution in [3.63, 3.8) is 0 Å². The van der Waals surface area contributed by atoms with Crippen molar-refractivity contribution in [3.8, 4) is 0 Å². The topological polar surface area (TPSA) is 234 Å². The van der Waals surface area contributed by atoms with Crippen molar-refractivity contribution in [3.05, 3.63) is 46.3 Å². The Morgan fingerprint density at radius 1 is 0.968 bits per heavy atom. The molecule has 0 bridgehead atoms. The standard InChI is InChI=1S/C43H73N10O9P/c1-11-30(4)39(50(8)42(57)38(29(2)3)47-43(49(6)7)52-25-23-51(24-26-52)36(54)20-15-21-45-48-44)34(61-9)28-37(55)53-22-16-19-33(53)40(62-10)31(5)41(56)46-35(63(58,59)60)27-32-17-13-12-14-18-32/h12-14,17-18,29-31,33-35,38-40H,11,15-16,19-28H2,1-10H3,(H,46,56)(H2,58,59,60)/b47-43-/t30?,31-,33+,34?,35-,38+,39?,40-/m1/s1. The van der Waals surface area contributed by atoms with Gasteiger partial charge in [-0.05, 0) is 42.2 Å². The molecule has 2 heterocycles. The molecule has 20 heteroatoms. The van der Waals surface area contributed by atoms with Crippen LogP contribution in [0.25, 0.3) is 10.4 Å². The average molecular weight is 905 g/mol. The second-order valence-electron chi connectivity index (χ2n) is 17.3. The zero-order chi connectivity index (χ0) is 47.0. The predicted molar refractivity (Wildman–Crippen MR) is 241 cm³/mol. The van der Waals surface area contributed by atoms with Crippen molar-refractivity contribution in [2.24, 2.45) is 27.9 Å². The van der Waals surface area contributed by atoms with Crippen LogP contribution in [0, 0.1) is 17.8 Å². The molecule has 0 aromatic heterocycles. The fourth-order valence-corrected chi connectivity index (χ4v) is 9.40. The minimum Gasteiger partial charge on any atom is -0.379 e.